The molecule has 2 aromatic carbocycles. The Labute approximate surface area is 174 Å². The second-order valence-electron chi connectivity index (χ2n) is 7.53. The van der Waals surface area contributed by atoms with Gasteiger partial charge in [-0.25, -0.2) is 13.2 Å². The minimum Gasteiger partial charge on any atom is -0.341 e. The Hall–Kier alpha value is -2.67. The van der Waals surface area contributed by atoms with E-state index in [1.807, 2.05) is 0 Å². The summed E-state index contributed by atoms with van der Waals surface area (Å²) in [4.78, 5) is 26.3. The van der Waals surface area contributed by atoms with Gasteiger partial charge in [0.15, 0.2) is 5.78 Å². The summed E-state index contributed by atoms with van der Waals surface area (Å²) in [7, 11) is 0. The molecule has 2 aromatic rings. The van der Waals surface area contributed by atoms with Crippen LogP contribution in [0.15, 0.2) is 36.4 Å². The van der Waals surface area contributed by atoms with E-state index in [0.717, 1.165) is 24.5 Å². The van der Waals surface area contributed by atoms with Crippen molar-refractivity contribution in [2.75, 3.05) is 19.6 Å². The van der Waals surface area contributed by atoms with E-state index in [9.17, 15) is 22.8 Å². The second kappa shape index (κ2) is 9.89. The van der Waals surface area contributed by atoms with Gasteiger partial charge in [0, 0.05) is 43.6 Å². The maximum Gasteiger partial charge on any atom is 0.236 e. The molecule has 160 valence electrons. The van der Waals surface area contributed by atoms with Crippen molar-refractivity contribution in [2.45, 2.75) is 38.6 Å². The molecule has 1 saturated heterocycles. The molecule has 0 aliphatic carbocycles. The molecule has 0 aromatic heterocycles. The highest BCUT2D eigenvalue weighted by Gasteiger charge is 2.25. The molecule has 1 aliphatic heterocycles. The topological polar surface area (TPSA) is 49.4 Å². The molecule has 0 saturated carbocycles. The van der Waals surface area contributed by atoms with Crippen LogP contribution in [-0.2, 0) is 11.3 Å². The van der Waals surface area contributed by atoms with Crippen molar-refractivity contribution in [3.8, 4) is 0 Å². The Balaban J connectivity index is 1.59. The van der Waals surface area contributed by atoms with Gasteiger partial charge in [-0.2, -0.15) is 0 Å². The van der Waals surface area contributed by atoms with Crippen LogP contribution in [0.2, 0.25) is 0 Å². The Bertz CT molecular complexity index is 933. The molecule has 3 rings (SSSR count). The first-order valence-corrected chi connectivity index (χ1v) is 10.1. The van der Waals surface area contributed by atoms with Gasteiger partial charge >= 0.3 is 0 Å². The van der Waals surface area contributed by atoms with E-state index in [1.165, 1.54) is 18.2 Å². The fraction of sp³-hybridized carbons (Fsp3) is 0.391. The fourth-order valence-corrected chi connectivity index (χ4v) is 3.76. The van der Waals surface area contributed by atoms with Crippen LogP contribution in [0.1, 0.15) is 53.6 Å². The first kappa shape index (κ1) is 22.0. The highest BCUT2D eigenvalue weighted by molar-refractivity contribution is 5.96. The number of likely N-dealkylation sites (tertiary alicyclic amines) is 1. The monoisotopic (exact) mass is 418 g/mol. The number of piperidine rings is 1. The number of halogens is 3. The van der Waals surface area contributed by atoms with E-state index in [-0.39, 0.29) is 42.7 Å². The molecule has 1 unspecified atom stereocenters. The van der Waals surface area contributed by atoms with E-state index >= 15 is 0 Å². The molecule has 0 bridgehead atoms. The summed E-state index contributed by atoms with van der Waals surface area (Å²) in [6, 6.07) is 7.94. The van der Waals surface area contributed by atoms with E-state index in [0.29, 0.717) is 18.7 Å². The van der Waals surface area contributed by atoms with Crippen molar-refractivity contribution in [1.29, 1.82) is 0 Å². The predicted octanol–water partition coefficient (Wildman–Crippen LogP) is 4.19. The standard InChI is InChI=1S/C23H25F3N2O2/c1-2-22(29)19-10-15(6-8-20(19)25)17-4-3-9-28(14-17)23(30)13-27-12-16-5-7-18(24)11-21(16)26/h5-8,10-11,17,27H,2-4,9,12-14H2,1H3. The molecule has 1 atom stereocenters. The fourth-order valence-electron chi connectivity index (χ4n) is 3.76. The number of hydrogen-bond donors (Lipinski definition) is 1. The number of rotatable bonds is 7. The van der Waals surface area contributed by atoms with Crippen LogP contribution in [-0.4, -0.2) is 36.2 Å². The lowest BCUT2D eigenvalue weighted by Gasteiger charge is -2.33. The number of benzene rings is 2. The highest BCUT2D eigenvalue weighted by Crippen LogP contribution is 2.28. The second-order valence-corrected chi connectivity index (χ2v) is 7.53. The van der Waals surface area contributed by atoms with Gasteiger partial charge in [-0.15, -0.1) is 0 Å². The Morgan fingerprint density at radius 1 is 1.10 bits per heavy atom. The SMILES string of the molecule is CCC(=O)c1cc(C2CCCN(C(=O)CNCc3ccc(F)cc3F)C2)ccc1F. The third-order valence-electron chi connectivity index (χ3n) is 5.46. The van der Waals surface area contributed by atoms with Crippen molar-refractivity contribution < 1.29 is 22.8 Å². The van der Waals surface area contributed by atoms with Crippen LogP contribution in [0.3, 0.4) is 0 Å². The number of nitrogens with zero attached hydrogens (tertiary/aromatic N) is 1. The maximum absolute atomic E-state index is 14.0. The number of ketones is 1. The third kappa shape index (κ3) is 5.27. The minimum absolute atomic E-state index is 0.0289. The van der Waals surface area contributed by atoms with Gasteiger partial charge in [-0.3, -0.25) is 9.59 Å². The number of Topliss-reactive ketones (excluding diaryl/α,β-unsaturated/α-hetero) is 1. The van der Waals surface area contributed by atoms with Crippen LogP contribution in [0.25, 0.3) is 0 Å². The lowest BCUT2D eigenvalue weighted by atomic mass is 9.89. The summed E-state index contributed by atoms with van der Waals surface area (Å²) in [5.41, 5.74) is 1.24. The zero-order chi connectivity index (χ0) is 21.7. The number of carbonyl (C=O) groups is 2. The molecule has 1 N–H and O–H groups in total. The van der Waals surface area contributed by atoms with E-state index in [2.05, 4.69) is 5.32 Å². The van der Waals surface area contributed by atoms with Gasteiger partial charge in [0.2, 0.25) is 5.91 Å². The summed E-state index contributed by atoms with van der Waals surface area (Å²) in [6.45, 7) is 2.95. The molecule has 0 spiro atoms. The molecular formula is C23H25F3N2O2. The zero-order valence-electron chi connectivity index (χ0n) is 16.9. The lowest BCUT2D eigenvalue weighted by molar-refractivity contribution is -0.131. The van der Waals surface area contributed by atoms with Gasteiger partial charge < -0.3 is 10.2 Å². The van der Waals surface area contributed by atoms with E-state index in [1.54, 1.807) is 24.0 Å². The third-order valence-corrected chi connectivity index (χ3v) is 5.46. The molecular weight excluding hydrogens is 393 g/mol. The number of amides is 1. The Morgan fingerprint density at radius 3 is 2.63 bits per heavy atom. The van der Waals surface area contributed by atoms with Crippen molar-refractivity contribution in [3.05, 3.63) is 70.5 Å². The maximum atomic E-state index is 14.0. The molecule has 7 heteroatoms. The number of hydrogen-bond acceptors (Lipinski definition) is 3. The molecule has 0 radical (unpaired) electrons. The molecule has 30 heavy (non-hydrogen) atoms. The van der Waals surface area contributed by atoms with Gasteiger partial charge in [-0.1, -0.05) is 19.1 Å². The summed E-state index contributed by atoms with van der Waals surface area (Å²) < 4.78 is 40.6. The van der Waals surface area contributed by atoms with Gasteiger partial charge in [0.05, 0.1) is 12.1 Å². The summed E-state index contributed by atoms with van der Waals surface area (Å²) >= 11 is 0. The van der Waals surface area contributed by atoms with Crippen molar-refractivity contribution >= 4 is 11.7 Å². The van der Waals surface area contributed by atoms with Gasteiger partial charge in [0.25, 0.3) is 0 Å². The van der Waals surface area contributed by atoms with Crippen LogP contribution < -0.4 is 5.32 Å². The normalized spacial score (nSPS) is 16.5. The van der Waals surface area contributed by atoms with Crippen LogP contribution >= 0.6 is 0 Å². The van der Waals surface area contributed by atoms with Crippen LogP contribution in [0, 0.1) is 17.5 Å². The first-order chi connectivity index (χ1) is 14.4. The molecule has 1 aliphatic rings. The van der Waals surface area contributed by atoms with E-state index in [4.69, 9.17) is 0 Å². The Kier molecular flexibility index (Phi) is 7.26. The highest BCUT2D eigenvalue weighted by atomic mass is 19.1. The average Bonchev–Trinajstić information content (AvgIpc) is 2.75. The quantitative estimate of drug-likeness (QED) is 0.686. The lowest BCUT2D eigenvalue weighted by Crippen LogP contribution is -2.43. The summed E-state index contributed by atoms with van der Waals surface area (Å²) in [5, 5.41) is 2.90. The summed E-state index contributed by atoms with van der Waals surface area (Å²) in [6.07, 6.45) is 1.89. The van der Waals surface area contributed by atoms with Crippen molar-refractivity contribution in [1.82, 2.24) is 10.2 Å². The molecule has 1 fully saturated rings. The number of carbonyl (C=O) groups excluding carboxylic acids is 2. The van der Waals surface area contributed by atoms with Crippen molar-refractivity contribution in [3.63, 3.8) is 0 Å². The van der Waals surface area contributed by atoms with E-state index < -0.39 is 17.5 Å². The predicted molar refractivity (Wildman–Crippen MR) is 108 cm³/mol. The summed E-state index contributed by atoms with van der Waals surface area (Å²) in [5.74, 6) is -2.14. The average molecular weight is 418 g/mol. The Morgan fingerprint density at radius 2 is 1.90 bits per heavy atom. The van der Waals surface area contributed by atoms with Crippen LogP contribution in [0.4, 0.5) is 13.2 Å². The zero-order valence-corrected chi connectivity index (χ0v) is 16.9. The molecule has 1 amide bonds. The smallest absolute Gasteiger partial charge is 0.236 e. The minimum atomic E-state index is -0.651. The molecule has 4 nitrogen and oxygen atoms in total. The first-order valence-electron chi connectivity index (χ1n) is 10.1. The van der Waals surface area contributed by atoms with Crippen LogP contribution in [0.5, 0.6) is 0 Å². The van der Waals surface area contributed by atoms with Gasteiger partial charge in [-0.05, 0) is 36.6 Å². The van der Waals surface area contributed by atoms with Gasteiger partial charge in [0.1, 0.15) is 17.5 Å². The number of nitrogens with one attached hydrogen (secondary N) is 1. The largest absolute Gasteiger partial charge is 0.341 e. The molecule has 1 heterocycles. The van der Waals surface area contributed by atoms with Crippen molar-refractivity contribution in [2.24, 2.45) is 0 Å².